The zero-order valence-electron chi connectivity index (χ0n) is 17.2. The first-order valence-electron chi connectivity index (χ1n) is 10.4. The summed E-state index contributed by atoms with van der Waals surface area (Å²) in [6.45, 7) is 1.99. The molecule has 3 aromatic rings. The third kappa shape index (κ3) is 3.39. The van der Waals surface area contributed by atoms with Gasteiger partial charge in [0.15, 0.2) is 11.8 Å². The molecule has 1 aromatic carbocycles. The van der Waals surface area contributed by atoms with Crippen molar-refractivity contribution in [3.05, 3.63) is 29.3 Å². The van der Waals surface area contributed by atoms with Crippen molar-refractivity contribution in [3.63, 3.8) is 0 Å². The second-order valence-corrected chi connectivity index (χ2v) is 8.42. The zero-order chi connectivity index (χ0) is 21.8. The Balaban J connectivity index is 1.22. The van der Waals surface area contributed by atoms with Crippen LogP contribution in [-0.4, -0.2) is 77.9 Å². The number of aliphatic hydroxyl groups is 1. The van der Waals surface area contributed by atoms with Gasteiger partial charge in [0.1, 0.15) is 41.4 Å². The van der Waals surface area contributed by atoms with E-state index >= 15 is 0 Å². The number of fused-ring (bicyclic) bond motifs is 3. The number of hydrogen-bond acceptors (Lipinski definition) is 9. The van der Waals surface area contributed by atoms with E-state index in [1.165, 1.54) is 0 Å². The van der Waals surface area contributed by atoms with Crippen LogP contribution < -0.4 is 19.1 Å². The number of rotatable bonds is 4. The maximum atomic E-state index is 9.88. The first kappa shape index (κ1) is 19.9. The van der Waals surface area contributed by atoms with Gasteiger partial charge in [-0.05, 0) is 18.2 Å². The Bertz CT molecular complexity index is 1170. The monoisotopic (exact) mass is 460 g/mol. The van der Waals surface area contributed by atoms with Gasteiger partial charge in [-0.2, -0.15) is 9.97 Å². The van der Waals surface area contributed by atoms with Gasteiger partial charge in [0, 0.05) is 13.1 Å². The lowest BCUT2D eigenvalue weighted by Gasteiger charge is -2.27. The molecule has 11 heteroatoms. The van der Waals surface area contributed by atoms with Gasteiger partial charge in [0.05, 0.1) is 31.0 Å². The van der Waals surface area contributed by atoms with Crippen LogP contribution in [0.5, 0.6) is 23.4 Å². The van der Waals surface area contributed by atoms with E-state index < -0.39 is 6.10 Å². The number of pyridine rings is 1. The van der Waals surface area contributed by atoms with E-state index in [-0.39, 0.29) is 36.8 Å². The second kappa shape index (κ2) is 7.66. The number of aromatic amines is 1. The average molecular weight is 461 g/mol. The van der Waals surface area contributed by atoms with Crippen molar-refractivity contribution in [2.75, 3.05) is 38.3 Å². The van der Waals surface area contributed by atoms with Crippen molar-refractivity contribution in [2.45, 2.75) is 24.4 Å². The molecule has 5 heterocycles. The van der Waals surface area contributed by atoms with Crippen molar-refractivity contribution in [2.24, 2.45) is 0 Å². The summed E-state index contributed by atoms with van der Waals surface area (Å²) in [7, 11) is 2.02. The summed E-state index contributed by atoms with van der Waals surface area (Å²) in [6, 6.07) is 7.56. The van der Waals surface area contributed by atoms with E-state index in [2.05, 4.69) is 19.9 Å². The fraction of sp³-hybridized carbons (Fsp3) is 0.429. The number of imidazole rings is 1. The molecule has 6 rings (SSSR count). The molecule has 2 saturated heterocycles. The van der Waals surface area contributed by atoms with Crippen LogP contribution in [0.1, 0.15) is 0 Å². The molecule has 0 spiro atoms. The van der Waals surface area contributed by atoms with Crippen LogP contribution in [-0.2, 0) is 9.47 Å². The minimum absolute atomic E-state index is 0.229. The molecular formula is C21H21ClN4O6. The van der Waals surface area contributed by atoms with E-state index in [1.54, 1.807) is 6.07 Å². The van der Waals surface area contributed by atoms with Crippen molar-refractivity contribution >= 4 is 28.5 Å². The molecule has 0 bridgehead atoms. The summed E-state index contributed by atoms with van der Waals surface area (Å²) in [6.07, 6.45) is -1.73. The normalized spacial score (nSPS) is 26.7. The Hall–Kier alpha value is -2.79. The summed E-state index contributed by atoms with van der Waals surface area (Å²) >= 11 is 6.40. The molecule has 2 fully saturated rings. The van der Waals surface area contributed by atoms with E-state index in [0.29, 0.717) is 35.1 Å². The molecule has 0 radical (unpaired) electrons. The van der Waals surface area contributed by atoms with Gasteiger partial charge in [0.2, 0.25) is 5.88 Å². The van der Waals surface area contributed by atoms with Crippen LogP contribution in [0.2, 0.25) is 5.02 Å². The highest BCUT2D eigenvalue weighted by molar-refractivity contribution is 6.32. The SMILES string of the molecule is CN1CCOc2cc(Oc3nc4nc(O[C@@H]5CO[C@H]6C5OC[C@H]6O)[nH]c4cc3Cl)ccc21. The van der Waals surface area contributed by atoms with Gasteiger partial charge in [-0.15, -0.1) is 0 Å². The molecule has 1 unspecified atom stereocenters. The number of aliphatic hydroxyl groups excluding tert-OH is 1. The lowest BCUT2D eigenvalue weighted by atomic mass is 10.1. The first-order chi connectivity index (χ1) is 15.5. The van der Waals surface area contributed by atoms with Gasteiger partial charge >= 0.3 is 0 Å². The summed E-state index contributed by atoms with van der Waals surface area (Å²) in [5.41, 5.74) is 2.01. The predicted octanol–water partition coefficient (Wildman–Crippen LogP) is 2.14. The van der Waals surface area contributed by atoms with Gasteiger partial charge in [-0.3, -0.25) is 0 Å². The molecule has 2 aromatic heterocycles. The molecule has 0 aliphatic carbocycles. The minimum Gasteiger partial charge on any atom is -0.489 e. The number of aromatic nitrogens is 3. The highest BCUT2D eigenvalue weighted by atomic mass is 35.5. The van der Waals surface area contributed by atoms with Crippen LogP contribution in [0, 0.1) is 0 Å². The number of halogens is 1. The number of hydrogen-bond donors (Lipinski definition) is 2. The molecule has 0 amide bonds. The molecule has 32 heavy (non-hydrogen) atoms. The number of anilines is 1. The standard InChI is InChI=1S/C21H21ClN4O6/c1-26-4-5-28-15-6-10(2-3-13(15)26)31-20-11(22)7-12-19(24-20)25-21(23-12)32-16-9-30-17-14(27)8-29-18(16)17/h2-3,6-7,14,16-18,27H,4-5,8-9H2,1H3,(H,23,24,25)/t14-,16-,17-,18?/m1/s1. The molecule has 168 valence electrons. The maximum absolute atomic E-state index is 9.88. The van der Waals surface area contributed by atoms with Crippen molar-refractivity contribution in [1.82, 2.24) is 15.0 Å². The molecule has 4 atom stereocenters. The topological polar surface area (TPSA) is 111 Å². The molecule has 2 N–H and O–H groups in total. The number of benzene rings is 1. The predicted molar refractivity (Wildman–Crippen MR) is 114 cm³/mol. The van der Waals surface area contributed by atoms with E-state index in [0.717, 1.165) is 18.0 Å². The largest absolute Gasteiger partial charge is 0.489 e. The molecular weight excluding hydrogens is 440 g/mol. The van der Waals surface area contributed by atoms with Crippen LogP contribution >= 0.6 is 11.6 Å². The van der Waals surface area contributed by atoms with Crippen LogP contribution in [0.3, 0.4) is 0 Å². The average Bonchev–Trinajstić information content (AvgIpc) is 3.46. The fourth-order valence-electron chi connectivity index (χ4n) is 4.21. The Kier molecular flexibility index (Phi) is 4.76. The summed E-state index contributed by atoms with van der Waals surface area (Å²) in [5, 5.41) is 10.2. The van der Waals surface area contributed by atoms with Crippen LogP contribution in [0.4, 0.5) is 5.69 Å². The lowest BCUT2D eigenvalue weighted by Crippen LogP contribution is -2.34. The van der Waals surface area contributed by atoms with Gasteiger partial charge in [0.25, 0.3) is 6.01 Å². The second-order valence-electron chi connectivity index (χ2n) is 8.01. The van der Waals surface area contributed by atoms with Crippen LogP contribution in [0.15, 0.2) is 24.3 Å². The summed E-state index contributed by atoms with van der Waals surface area (Å²) < 4.78 is 28.8. The number of likely N-dealkylation sites (N-methyl/N-ethyl adjacent to an activating group) is 1. The Morgan fingerprint density at radius 3 is 2.97 bits per heavy atom. The van der Waals surface area contributed by atoms with E-state index in [4.69, 9.17) is 35.3 Å². The number of H-pyrrole nitrogens is 1. The molecule has 3 aliphatic heterocycles. The third-order valence-corrected chi connectivity index (χ3v) is 6.13. The Morgan fingerprint density at radius 1 is 1.19 bits per heavy atom. The maximum Gasteiger partial charge on any atom is 0.296 e. The summed E-state index contributed by atoms with van der Waals surface area (Å²) in [4.78, 5) is 14.0. The number of ether oxygens (including phenoxy) is 5. The van der Waals surface area contributed by atoms with Crippen LogP contribution in [0.25, 0.3) is 11.2 Å². The molecule has 10 nitrogen and oxygen atoms in total. The highest BCUT2D eigenvalue weighted by Crippen LogP contribution is 2.37. The van der Waals surface area contributed by atoms with Crippen molar-refractivity contribution < 1.29 is 28.8 Å². The Labute approximate surface area is 188 Å². The van der Waals surface area contributed by atoms with Crippen molar-refractivity contribution in [3.8, 4) is 23.4 Å². The third-order valence-electron chi connectivity index (χ3n) is 5.86. The zero-order valence-corrected chi connectivity index (χ0v) is 17.9. The number of nitrogens with zero attached hydrogens (tertiary/aromatic N) is 3. The Morgan fingerprint density at radius 2 is 2.06 bits per heavy atom. The first-order valence-corrected chi connectivity index (χ1v) is 10.7. The van der Waals surface area contributed by atoms with Gasteiger partial charge < -0.3 is 38.7 Å². The van der Waals surface area contributed by atoms with Crippen molar-refractivity contribution in [1.29, 1.82) is 0 Å². The highest BCUT2D eigenvalue weighted by Gasteiger charge is 2.48. The molecule has 3 aliphatic rings. The van der Waals surface area contributed by atoms with Gasteiger partial charge in [-0.25, -0.2) is 0 Å². The minimum atomic E-state index is -0.640. The quantitative estimate of drug-likeness (QED) is 0.604. The van der Waals surface area contributed by atoms with E-state index in [1.807, 2.05) is 25.2 Å². The molecule has 0 saturated carbocycles. The smallest absolute Gasteiger partial charge is 0.296 e. The summed E-state index contributed by atoms with van der Waals surface area (Å²) in [5.74, 6) is 1.54. The lowest BCUT2D eigenvalue weighted by molar-refractivity contribution is 0.00706. The van der Waals surface area contributed by atoms with Gasteiger partial charge in [-0.1, -0.05) is 11.6 Å². The van der Waals surface area contributed by atoms with E-state index in [9.17, 15) is 5.11 Å². The fourth-order valence-corrected chi connectivity index (χ4v) is 4.40. The number of nitrogens with one attached hydrogen (secondary N) is 1.